The van der Waals surface area contributed by atoms with Gasteiger partial charge in [0.15, 0.2) is 0 Å². The van der Waals surface area contributed by atoms with Gasteiger partial charge in [0.05, 0.1) is 33.3 Å². The minimum absolute atomic E-state index is 0.666. The van der Waals surface area contributed by atoms with Crippen LogP contribution in [-0.4, -0.2) is 9.13 Å². The van der Waals surface area contributed by atoms with Crippen molar-refractivity contribution in [3.8, 4) is 39.7 Å². The van der Waals surface area contributed by atoms with Crippen LogP contribution in [0.1, 0.15) is 5.56 Å². The number of nitriles is 1. The van der Waals surface area contributed by atoms with Crippen LogP contribution in [-0.2, 0) is 0 Å². The van der Waals surface area contributed by atoms with Gasteiger partial charge in [-0.15, -0.1) is 0 Å². The van der Waals surface area contributed by atoms with E-state index in [0.717, 1.165) is 66.5 Å². The third-order valence-corrected chi connectivity index (χ3v) is 9.19. The zero-order valence-electron chi connectivity index (χ0n) is 24.9. The van der Waals surface area contributed by atoms with E-state index >= 15 is 0 Å². The topological polar surface area (TPSA) is 33.6 Å². The molecule has 9 aromatic rings. The van der Waals surface area contributed by atoms with Crippen LogP contribution in [0.3, 0.4) is 0 Å². The fourth-order valence-electron chi connectivity index (χ4n) is 7.30. The van der Waals surface area contributed by atoms with Crippen LogP contribution in [0.15, 0.2) is 164 Å². The van der Waals surface area contributed by atoms with E-state index in [1.54, 1.807) is 0 Å². The van der Waals surface area contributed by atoms with Crippen molar-refractivity contribution in [2.45, 2.75) is 0 Å². The van der Waals surface area contributed by atoms with Crippen molar-refractivity contribution < 1.29 is 0 Å². The van der Waals surface area contributed by atoms with E-state index in [4.69, 9.17) is 0 Å². The lowest BCUT2D eigenvalue weighted by Gasteiger charge is -2.17. The molecular formula is C43H27N3. The molecule has 0 aliphatic carbocycles. The SMILES string of the molecule is N#Cc1c(-c2ccccc2-n2c3ccccc3c3ccccc32)cccc1-c1cccc2c1c1ccccc1n2-c1ccccc1. The largest absolute Gasteiger partial charge is 0.309 e. The number of hydrogen-bond donors (Lipinski definition) is 0. The van der Waals surface area contributed by atoms with Crippen LogP contribution in [0.25, 0.3) is 77.2 Å². The summed E-state index contributed by atoms with van der Waals surface area (Å²) in [6, 6.07) is 59.9. The van der Waals surface area contributed by atoms with Gasteiger partial charge in [0.25, 0.3) is 0 Å². The van der Waals surface area contributed by atoms with Crippen molar-refractivity contribution in [3.63, 3.8) is 0 Å². The highest BCUT2D eigenvalue weighted by molar-refractivity contribution is 6.16. The van der Waals surface area contributed by atoms with Crippen molar-refractivity contribution in [2.75, 3.05) is 0 Å². The molecule has 3 heteroatoms. The maximum Gasteiger partial charge on any atom is 0.100 e. The Hall–Kier alpha value is -6.37. The fourth-order valence-corrected chi connectivity index (χ4v) is 7.30. The van der Waals surface area contributed by atoms with Crippen LogP contribution in [0.4, 0.5) is 0 Å². The van der Waals surface area contributed by atoms with Crippen LogP contribution >= 0.6 is 0 Å². The molecule has 0 aliphatic rings. The minimum atomic E-state index is 0.666. The maximum absolute atomic E-state index is 10.9. The third kappa shape index (κ3) is 3.78. The predicted molar refractivity (Wildman–Crippen MR) is 191 cm³/mol. The van der Waals surface area contributed by atoms with Gasteiger partial charge in [-0.25, -0.2) is 0 Å². The molecule has 214 valence electrons. The molecule has 46 heavy (non-hydrogen) atoms. The van der Waals surface area contributed by atoms with Crippen molar-refractivity contribution in [2.24, 2.45) is 0 Å². The van der Waals surface area contributed by atoms with Gasteiger partial charge in [-0.05, 0) is 48.0 Å². The van der Waals surface area contributed by atoms with Gasteiger partial charge in [0.2, 0.25) is 0 Å². The van der Waals surface area contributed by atoms with E-state index in [2.05, 4.69) is 173 Å². The third-order valence-electron chi connectivity index (χ3n) is 9.19. The summed E-state index contributed by atoms with van der Waals surface area (Å²) in [5.74, 6) is 0. The van der Waals surface area contributed by atoms with Gasteiger partial charge in [-0.3, -0.25) is 0 Å². The summed E-state index contributed by atoms with van der Waals surface area (Å²) in [5.41, 5.74) is 11.3. The normalized spacial score (nSPS) is 11.5. The lowest BCUT2D eigenvalue weighted by molar-refractivity contribution is 1.18. The molecule has 0 unspecified atom stereocenters. The quantitative estimate of drug-likeness (QED) is 0.202. The summed E-state index contributed by atoms with van der Waals surface area (Å²) in [5, 5.41) is 15.6. The van der Waals surface area contributed by atoms with E-state index in [0.29, 0.717) is 5.56 Å². The maximum atomic E-state index is 10.9. The van der Waals surface area contributed by atoms with Crippen LogP contribution in [0, 0.1) is 11.3 Å². The molecule has 7 aromatic carbocycles. The second-order valence-electron chi connectivity index (χ2n) is 11.6. The molecule has 0 saturated heterocycles. The number of para-hydroxylation sites is 5. The van der Waals surface area contributed by atoms with Crippen LogP contribution in [0.2, 0.25) is 0 Å². The molecular weight excluding hydrogens is 558 g/mol. The second kappa shape index (κ2) is 10.4. The Morgan fingerprint density at radius 2 is 0.848 bits per heavy atom. The molecule has 0 amide bonds. The number of rotatable bonds is 4. The zero-order valence-corrected chi connectivity index (χ0v) is 24.9. The highest BCUT2D eigenvalue weighted by atomic mass is 15.0. The Bertz CT molecular complexity index is 2600. The first-order valence-corrected chi connectivity index (χ1v) is 15.5. The van der Waals surface area contributed by atoms with Gasteiger partial charge >= 0.3 is 0 Å². The highest BCUT2D eigenvalue weighted by Crippen LogP contribution is 2.43. The molecule has 0 spiro atoms. The predicted octanol–water partition coefficient (Wildman–Crippen LogP) is 11.1. The first-order valence-electron chi connectivity index (χ1n) is 15.5. The summed E-state index contributed by atoms with van der Waals surface area (Å²) in [4.78, 5) is 0. The Labute approximate surface area is 266 Å². The number of nitrogens with zero attached hydrogens (tertiary/aromatic N) is 3. The first kappa shape index (κ1) is 26.1. The molecule has 0 aliphatic heterocycles. The highest BCUT2D eigenvalue weighted by Gasteiger charge is 2.21. The van der Waals surface area contributed by atoms with Crippen molar-refractivity contribution in [3.05, 3.63) is 169 Å². The van der Waals surface area contributed by atoms with Gasteiger partial charge in [0.1, 0.15) is 6.07 Å². The minimum Gasteiger partial charge on any atom is -0.309 e. The average Bonchev–Trinajstić information content (AvgIpc) is 3.65. The lowest BCUT2D eigenvalue weighted by Crippen LogP contribution is -1.99. The molecule has 3 nitrogen and oxygen atoms in total. The lowest BCUT2D eigenvalue weighted by atomic mass is 9.90. The molecule has 0 radical (unpaired) electrons. The molecule has 0 saturated carbocycles. The van der Waals surface area contributed by atoms with Crippen LogP contribution in [0.5, 0.6) is 0 Å². The fraction of sp³-hybridized carbons (Fsp3) is 0. The first-order chi connectivity index (χ1) is 22.8. The van der Waals surface area contributed by atoms with E-state index < -0.39 is 0 Å². The number of fused-ring (bicyclic) bond motifs is 6. The van der Waals surface area contributed by atoms with Gasteiger partial charge in [-0.2, -0.15) is 5.26 Å². The van der Waals surface area contributed by atoms with Gasteiger partial charge in [0, 0.05) is 43.9 Å². The summed E-state index contributed by atoms with van der Waals surface area (Å²) in [7, 11) is 0. The van der Waals surface area contributed by atoms with E-state index in [-0.39, 0.29) is 0 Å². The van der Waals surface area contributed by atoms with Crippen LogP contribution < -0.4 is 0 Å². The van der Waals surface area contributed by atoms with Gasteiger partial charge in [-0.1, -0.05) is 121 Å². The molecule has 2 heterocycles. The molecule has 0 atom stereocenters. The van der Waals surface area contributed by atoms with E-state index in [1.807, 2.05) is 6.07 Å². The van der Waals surface area contributed by atoms with Crippen molar-refractivity contribution >= 4 is 43.6 Å². The Kier molecular flexibility index (Phi) is 5.88. The number of benzene rings is 7. The van der Waals surface area contributed by atoms with E-state index in [9.17, 15) is 5.26 Å². The second-order valence-corrected chi connectivity index (χ2v) is 11.6. The summed E-state index contributed by atoms with van der Waals surface area (Å²) >= 11 is 0. The van der Waals surface area contributed by atoms with Crippen molar-refractivity contribution in [1.82, 2.24) is 9.13 Å². The Morgan fingerprint density at radius 1 is 0.370 bits per heavy atom. The monoisotopic (exact) mass is 585 g/mol. The van der Waals surface area contributed by atoms with Gasteiger partial charge < -0.3 is 9.13 Å². The Balaban J connectivity index is 1.32. The molecule has 9 rings (SSSR count). The molecule has 2 aromatic heterocycles. The molecule has 0 bridgehead atoms. The number of aromatic nitrogens is 2. The zero-order chi connectivity index (χ0) is 30.6. The van der Waals surface area contributed by atoms with Crippen molar-refractivity contribution in [1.29, 1.82) is 5.26 Å². The summed E-state index contributed by atoms with van der Waals surface area (Å²) in [6.07, 6.45) is 0. The Morgan fingerprint density at radius 3 is 1.54 bits per heavy atom. The standard InChI is InChI=1S/C43H27N3/c44-28-37-30(32-16-4-8-23-38(32)46-39-24-9-5-17-33(39)34-18-6-10-25-40(34)46)20-12-21-31(37)35-22-13-27-42-43(35)36-19-7-11-26-41(36)45(42)29-14-2-1-3-15-29/h1-27H. The smallest absolute Gasteiger partial charge is 0.100 e. The van der Waals surface area contributed by atoms with E-state index in [1.165, 1.54) is 10.8 Å². The molecule has 0 fully saturated rings. The molecule has 0 N–H and O–H groups in total. The average molecular weight is 586 g/mol. The summed E-state index contributed by atoms with van der Waals surface area (Å²) in [6.45, 7) is 0. The summed E-state index contributed by atoms with van der Waals surface area (Å²) < 4.78 is 4.66. The number of hydrogen-bond acceptors (Lipinski definition) is 1.